The van der Waals surface area contributed by atoms with Gasteiger partial charge in [-0.3, -0.25) is 10.1 Å². The van der Waals surface area contributed by atoms with Crippen molar-refractivity contribution in [3.05, 3.63) is 68.7 Å². The van der Waals surface area contributed by atoms with Crippen LogP contribution in [0.15, 0.2) is 42.5 Å². The molecule has 1 N–H and O–H groups in total. The predicted molar refractivity (Wildman–Crippen MR) is 92.1 cm³/mol. The summed E-state index contributed by atoms with van der Waals surface area (Å²) in [5, 5.41) is 14.6. The van der Waals surface area contributed by atoms with Crippen LogP contribution in [-0.4, -0.2) is 18.1 Å². The Bertz CT molecular complexity index is 662. The molecule has 0 heterocycles. The van der Waals surface area contributed by atoms with Crippen LogP contribution >= 0.6 is 11.6 Å². The number of hydrogen-bond donors (Lipinski definition) is 1. The molecule has 0 amide bonds. The molecular formula is C17H19ClN2O3. The topological polar surface area (TPSA) is 64.4 Å². The number of nitro benzene ring substituents is 1. The van der Waals surface area contributed by atoms with Gasteiger partial charge in [-0.2, -0.15) is 0 Å². The van der Waals surface area contributed by atoms with E-state index in [2.05, 4.69) is 5.32 Å². The maximum atomic E-state index is 11.1. The van der Waals surface area contributed by atoms with Crippen LogP contribution in [0.25, 0.3) is 0 Å². The minimum atomic E-state index is -0.432. The lowest BCUT2D eigenvalue weighted by atomic mass is 10.1. The van der Waals surface area contributed by atoms with E-state index in [1.165, 1.54) is 6.07 Å². The Balaban J connectivity index is 1.90. The Morgan fingerprint density at radius 3 is 2.65 bits per heavy atom. The van der Waals surface area contributed by atoms with Crippen LogP contribution in [-0.2, 0) is 17.8 Å². The van der Waals surface area contributed by atoms with Crippen molar-refractivity contribution < 1.29 is 9.66 Å². The number of aryl methyl sites for hydroxylation is 1. The molecule has 0 aliphatic rings. The number of nitrogens with one attached hydrogen (secondary N) is 1. The fraction of sp³-hybridized carbons (Fsp3) is 0.294. The average Bonchev–Trinajstić information content (AvgIpc) is 2.56. The van der Waals surface area contributed by atoms with Gasteiger partial charge in [-0.05, 0) is 23.6 Å². The molecule has 0 bridgehead atoms. The molecular weight excluding hydrogens is 316 g/mol. The van der Waals surface area contributed by atoms with Crippen LogP contribution < -0.4 is 5.32 Å². The van der Waals surface area contributed by atoms with Gasteiger partial charge in [0.25, 0.3) is 5.69 Å². The highest BCUT2D eigenvalue weighted by molar-refractivity contribution is 6.31. The van der Waals surface area contributed by atoms with Gasteiger partial charge in [0.05, 0.1) is 23.2 Å². The molecule has 0 aliphatic heterocycles. The molecule has 2 aromatic carbocycles. The first-order chi connectivity index (χ1) is 11.1. The number of rotatable bonds is 8. The van der Waals surface area contributed by atoms with Gasteiger partial charge in [-0.1, -0.05) is 48.9 Å². The number of halogens is 1. The second-order valence-electron chi connectivity index (χ2n) is 5.04. The molecule has 0 aliphatic carbocycles. The zero-order valence-electron chi connectivity index (χ0n) is 12.9. The molecule has 0 spiro atoms. The molecule has 0 aromatic heterocycles. The quantitative estimate of drug-likeness (QED) is 0.440. The van der Waals surface area contributed by atoms with Crippen LogP contribution in [0.3, 0.4) is 0 Å². The smallest absolute Gasteiger partial charge is 0.293 e. The maximum Gasteiger partial charge on any atom is 0.293 e. The normalized spacial score (nSPS) is 10.5. The molecule has 122 valence electrons. The van der Waals surface area contributed by atoms with E-state index in [0.717, 1.165) is 17.5 Å². The Labute approximate surface area is 140 Å². The average molecular weight is 335 g/mol. The minimum absolute atomic E-state index is 0.0183. The van der Waals surface area contributed by atoms with Gasteiger partial charge in [0.1, 0.15) is 5.69 Å². The van der Waals surface area contributed by atoms with Crippen molar-refractivity contribution in [1.82, 2.24) is 0 Å². The van der Waals surface area contributed by atoms with Gasteiger partial charge in [-0.15, -0.1) is 0 Å². The van der Waals surface area contributed by atoms with Crippen molar-refractivity contribution in [2.75, 3.05) is 18.5 Å². The van der Waals surface area contributed by atoms with E-state index in [9.17, 15) is 10.1 Å². The first kappa shape index (κ1) is 17.2. The molecule has 0 radical (unpaired) electrons. The van der Waals surface area contributed by atoms with Gasteiger partial charge >= 0.3 is 0 Å². The molecule has 2 rings (SSSR count). The van der Waals surface area contributed by atoms with E-state index < -0.39 is 4.92 Å². The highest BCUT2D eigenvalue weighted by Gasteiger charge is 2.16. The lowest BCUT2D eigenvalue weighted by Gasteiger charge is -2.10. The number of benzene rings is 2. The highest BCUT2D eigenvalue weighted by Crippen LogP contribution is 2.31. The van der Waals surface area contributed by atoms with Crippen molar-refractivity contribution in [2.24, 2.45) is 0 Å². The molecule has 0 saturated carbocycles. The molecule has 23 heavy (non-hydrogen) atoms. The second kappa shape index (κ2) is 8.50. The molecule has 0 fully saturated rings. The van der Waals surface area contributed by atoms with Crippen molar-refractivity contribution in [3.8, 4) is 0 Å². The molecule has 0 atom stereocenters. The zero-order valence-corrected chi connectivity index (χ0v) is 13.7. The van der Waals surface area contributed by atoms with Gasteiger partial charge in [0.15, 0.2) is 0 Å². The number of nitrogens with zero attached hydrogens (tertiary/aromatic N) is 1. The lowest BCUT2D eigenvalue weighted by Crippen LogP contribution is -2.11. The molecule has 5 nitrogen and oxygen atoms in total. The van der Waals surface area contributed by atoms with Crippen LogP contribution in [0, 0.1) is 10.1 Å². The Kier molecular flexibility index (Phi) is 6.38. The third-order valence-corrected chi connectivity index (χ3v) is 3.77. The summed E-state index contributed by atoms with van der Waals surface area (Å²) in [5.41, 5.74) is 2.43. The first-order valence-electron chi connectivity index (χ1n) is 7.44. The van der Waals surface area contributed by atoms with Crippen molar-refractivity contribution in [2.45, 2.75) is 20.0 Å². The van der Waals surface area contributed by atoms with E-state index in [1.807, 2.05) is 37.3 Å². The third kappa shape index (κ3) is 4.94. The standard InChI is InChI=1S/C17H19ClN2O3/c1-2-14-10-16(17(20(21)22)11-15(14)18)19-8-9-23-12-13-6-4-3-5-7-13/h3-7,10-11,19H,2,8-9,12H2,1H3. The largest absolute Gasteiger partial charge is 0.377 e. The Hall–Kier alpha value is -2.11. The summed E-state index contributed by atoms with van der Waals surface area (Å²) in [7, 11) is 0. The molecule has 0 unspecified atom stereocenters. The van der Waals surface area contributed by atoms with E-state index in [0.29, 0.717) is 30.5 Å². The van der Waals surface area contributed by atoms with Crippen molar-refractivity contribution in [1.29, 1.82) is 0 Å². The monoisotopic (exact) mass is 334 g/mol. The lowest BCUT2D eigenvalue weighted by molar-refractivity contribution is -0.384. The summed E-state index contributed by atoms with van der Waals surface area (Å²) in [6.07, 6.45) is 0.718. The van der Waals surface area contributed by atoms with Crippen LogP contribution in [0.5, 0.6) is 0 Å². The fourth-order valence-electron chi connectivity index (χ4n) is 2.19. The molecule has 0 saturated heterocycles. The second-order valence-corrected chi connectivity index (χ2v) is 5.44. The number of anilines is 1. The van der Waals surface area contributed by atoms with Crippen molar-refractivity contribution in [3.63, 3.8) is 0 Å². The van der Waals surface area contributed by atoms with Crippen LogP contribution in [0.1, 0.15) is 18.1 Å². The van der Waals surface area contributed by atoms with Crippen LogP contribution in [0.4, 0.5) is 11.4 Å². The van der Waals surface area contributed by atoms with E-state index in [4.69, 9.17) is 16.3 Å². The van der Waals surface area contributed by atoms with E-state index >= 15 is 0 Å². The Morgan fingerprint density at radius 2 is 2.00 bits per heavy atom. The predicted octanol–water partition coefficient (Wildman–Crippen LogP) is 4.44. The van der Waals surface area contributed by atoms with Gasteiger partial charge in [0, 0.05) is 12.6 Å². The van der Waals surface area contributed by atoms with E-state index in [-0.39, 0.29) is 5.69 Å². The summed E-state index contributed by atoms with van der Waals surface area (Å²) in [6, 6.07) is 13.0. The van der Waals surface area contributed by atoms with E-state index in [1.54, 1.807) is 6.07 Å². The fourth-order valence-corrected chi connectivity index (χ4v) is 2.48. The summed E-state index contributed by atoms with van der Waals surface area (Å²) in [6.45, 7) is 3.42. The highest BCUT2D eigenvalue weighted by atomic mass is 35.5. The summed E-state index contributed by atoms with van der Waals surface area (Å²) < 4.78 is 5.56. The summed E-state index contributed by atoms with van der Waals surface area (Å²) >= 11 is 6.04. The SMILES string of the molecule is CCc1cc(NCCOCc2ccccc2)c([N+](=O)[O-])cc1Cl. The number of ether oxygens (including phenoxy) is 1. The van der Waals surface area contributed by atoms with Gasteiger partial charge in [0.2, 0.25) is 0 Å². The third-order valence-electron chi connectivity index (χ3n) is 3.42. The number of nitro groups is 1. The van der Waals surface area contributed by atoms with Crippen molar-refractivity contribution >= 4 is 23.0 Å². The first-order valence-corrected chi connectivity index (χ1v) is 7.82. The summed E-state index contributed by atoms with van der Waals surface area (Å²) in [4.78, 5) is 10.7. The van der Waals surface area contributed by atoms with Gasteiger partial charge in [-0.25, -0.2) is 0 Å². The molecule has 6 heteroatoms. The zero-order chi connectivity index (χ0) is 16.7. The Morgan fingerprint density at radius 1 is 1.26 bits per heavy atom. The number of hydrogen-bond acceptors (Lipinski definition) is 4. The molecule has 2 aromatic rings. The van der Waals surface area contributed by atoms with Gasteiger partial charge < -0.3 is 10.1 Å². The minimum Gasteiger partial charge on any atom is -0.377 e. The van der Waals surface area contributed by atoms with Crippen LogP contribution in [0.2, 0.25) is 5.02 Å². The maximum absolute atomic E-state index is 11.1. The summed E-state index contributed by atoms with van der Waals surface area (Å²) in [5.74, 6) is 0.